The molecule has 0 aliphatic rings. The van der Waals surface area contributed by atoms with E-state index in [0.717, 1.165) is 4.73 Å². The van der Waals surface area contributed by atoms with E-state index < -0.39 is 0 Å². The third kappa shape index (κ3) is 3.00. The molecule has 0 spiro atoms. The maximum absolute atomic E-state index is 12.5. The van der Waals surface area contributed by atoms with Gasteiger partial charge >= 0.3 is 0 Å². The van der Waals surface area contributed by atoms with Gasteiger partial charge in [0.05, 0.1) is 23.8 Å². The third-order valence-corrected chi connectivity index (χ3v) is 3.96. The van der Waals surface area contributed by atoms with Crippen molar-refractivity contribution in [1.82, 2.24) is 20.3 Å². The summed E-state index contributed by atoms with van der Waals surface area (Å²) in [5, 5.41) is 14.4. The Hall–Kier alpha value is -3.68. The number of aromatic amines is 1. The SMILES string of the molecule is O=C(NCCc1cccc[n+]1[O-])c1ccnc2nc(-c3ccco3)[nH]c12. The van der Waals surface area contributed by atoms with Crippen LogP contribution in [0.1, 0.15) is 16.1 Å². The zero-order valence-corrected chi connectivity index (χ0v) is 13.7. The summed E-state index contributed by atoms with van der Waals surface area (Å²) in [6, 6.07) is 10.3. The molecule has 130 valence electrons. The molecule has 0 unspecified atom stereocenters. The van der Waals surface area contributed by atoms with Gasteiger partial charge < -0.3 is 19.9 Å². The molecular weight excluding hydrogens is 334 g/mol. The minimum atomic E-state index is -0.263. The van der Waals surface area contributed by atoms with Crippen LogP contribution in [0.5, 0.6) is 0 Å². The molecule has 26 heavy (non-hydrogen) atoms. The second kappa shape index (κ2) is 6.67. The van der Waals surface area contributed by atoms with E-state index >= 15 is 0 Å². The monoisotopic (exact) mass is 349 g/mol. The topological polar surface area (TPSA) is 111 Å². The number of hydrogen-bond donors (Lipinski definition) is 2. The number of imidazole rings is 1. The fraction of sp³-hybridized carbons (Fsp3) is 0.111. The quantitative estimate of drug-likeness (QED) is 0.422. The predicted octanol–water partition coefficient (Wildman–Crippen LogP) is 1.82. The molecule has 4 rings (SSSR count). The zero-order chi connectivity index (χ0) is 17.9. The third-order valence-electron chi connectivity index (χ3n) is 3.96. The van der Waals surface area contributed by atoms with Gasteiger partial charge in [-0.05, 0) is 18.2 Å². The van der Waals surface area contributed by atoms with Crippen LogP contribution in [0.15, 0.2) is 59.5 Å². The van der Waals surface area contributed by atoms with E-state index in [2.05, 4.69) is 20.3 Å². The van der Waals surface area contributed by atoms with E-state index in [0.29, 0.717) is 47.0 Å². The highest BCUT2D eigenvalue weighted by molar-refractivity contribution is 6.04. The summed E-state index contributed by atoms with van der Waals surface area (Å²) in [5.41, 5.74) is 2.00. The normalized spacial score (nSPS) is 10.9. The van der Waals surface area contributed by atoms with Crippen molar-refractivity contribution < 1.29 is 13.9 Å². The number of fused-ring (bicyclic) bond motifs is 1. The first-order valence-corrected chi connectivity index (χ1v) is 8.06. The number of nitrogens with zero attached hydrogens (tertiary/aromatic N) is 3. The minimum absolute atomic E-state index is 0.263. The van der Waals surface area contributed by atoms with Gasteiger partial charge in [-0.2, -0.15) is 4.73 Å². The summed E-state index contributed by atoms with van der Waals surface area (Å²) in [5.74, 6) is 0.813. The van der Waals surface area contributed by atoms with E-state index in [1.807, 2.05) is 0 Å². The van der Waals surface area contributed by atoms with Gasteiger partial charge in [-0.1, -0.05) is 6.07 Å². The van der Waals surface area contributed by atoms with Crippen molar-refractivity contribution in [2.45, 2.75) is 6.42 Å². The standard InChI is InChI=1S/C18H15N5O3/c24-18(20-8-6-12-4-1-2-10-23(12)25)13-7-9-19-17-15(13)21-16(22-17)14-5-3-11-26-14/h1-5,7,9-11H,6,8H2,(H,20,24)(H,19,21,22). The van der Waals surface area contributed by atoms with Crippen LogP contribution in [0.25, 0.3) is 22.7 Å². The number of pyridine rings is 2. The summed E-state index contributed by atoms with van der Waals surface area (Å²) < 4.78 is 6.11. The van der Waals surface area contributed by atoms with Crippen LogP contribution in [0, 0.1) is 5.21 Å². The Morgan fingerprint density at radius 1 is 1.27 bits per heavy atom. The largest absolute Gasteiger partial charge is 0.619 e. The van der Waals surface area contributed by atoms with Crippen molar-refractivity contribution in [3.05, 3.63) is 71.5 Å². The lowest BCUT2D eigenvalue weighted by Crippen LogP contribution is -2.34. The molecule has 4 aromatic rings. The molecule has 4 aromatic heterocycles. The predicted molar refractivity (Wildman–Crippen MR) is 93.0 cm³/mol. The molecule has 4 heterocycles. The molecule has 0 aliphatic carbocycles. The Balaban J connectivity index is 1.52. The molecule has 8 heteroatoms. The Morgan fingerprint density at radius 3 is 3.00 bits per heavy atom. The van der Waals surface area contributed by atoms with Crippen LogP contribution >= 0.6 is 0 Å². The highest BCUT2D eigenvalue weighted by Crippen LogP contribution is 2.21. The number of carbonyl (C=O) groups is 1. The first-order valence-electron chi connectivity index (χ1n) is 8.06. The number of furan rings is 1. The van der Waals surface area contributed by atoms with Gasteiger partial charge in [-0.3, -0.25) is 4.79 Å². The number of hydrogen-bond acceptors (Lipinski definition) is 5. The van der Waals surface area contributed by atoms with Crippen LogP contribution in [-0.4, -0.2) is 27.4 Å². The average molecular weight is 349 g/mol. The highest BCUT2D eigenvalue weighted by atomic mass is 16.5. The first kappa shape index (κ1) is 15.8. The number of amides is 1. The summed E-state index contributed by atoms with van der Waals surface area (Å²) in [4.78, 5) is 24.2. The summed E-state index contributed by atoms with van der Waals surface area (Å²) in [7, 11) is 0. The second-order valence-electron chi connectivity index (χ2n) is 5.64. The Kier molecular flexibility index (Phi) is 4.06. The van der Waals surface area contributed by atoms with E-state index in [1.165, 1.54) is 12.4 Å². The molecule has 8 nitrogen and oxygen atoms in total. The maximum Gasteiger partial charge on any atom is 0.253 e. The Bertz CT molecular complexity index is 1060. The number of aromatic nitrogens is 4. The smallest absolute Gasteiger partial charge is 0.253 e. The Labute approximate surface area is 148 Å². The lowest BCUT2D eigenvalue weighted by Gasteiger charge is -2.06. The molecule has 0 saturated heterocycles. The van der Waals surface area contributed by atoms with Gasteiger partial charge in [0.15, 0.2) is 29.1 Å². The summed E-state index contributed by atoms with van der Waals surface area (Å²) in [6.07, 6.45) is 4.96. The molecule has 0 radical (unpaired) electrons. The van der Waals surface area contributed by atoms with Crippen molar-refractivity contribution >= 4 is 17.1 Å². The van der Waals surface area contributed by atoms with E-state index in [4.69, 9.17) is 4.42 Å². The highest BCUT2D eigenvalue weighted by Gasteiger charge is 2.16. The maximum atomic E-state index is 12.5. The zero-order valence-electron chi connectivity index (χ0n) is 13.7. The minimum Gasteiger partial charge on any atom is -0.619 e. The average Bonchev–Trinajstić information content (AvgIpc) is 3.32. The van der Waals surface area contributed by atoms with Crippen molar-refractivity contribution in [3.8, 4) is 11.6 Å². The van der Waals surface area contributed by atoms with Crippen molar-refractivity contribution in [3.63, 3.8) is 0 Å². The molecule has 0 aromatic carbocycles. The first-order chi connectivity index (χ1) is 12.7. The second-order valence-corrected chi connectivity index (χ2v) is 5.64. The summed E-state index contributed by atoms with van der Waals surface area (Å²) >= 11 is 0. The van der Waals surface area contributed by atoms with Crippen LogP contribution in [-0.2, 0) is 6.42 Å². The van der Waals surface area contributed by atoms with Crippen molar-refractivity contribution in [2.24, 2.45) is 0 Å². The van der Waals surface area contributed by atoms with E-state index in [1.54, 1.807) is 42.7 Å². The molecule has 2 N–H and O–H groups in total. The van der Waals surface area contributed by atoms with Gasteiger partial charge in [0.25, 0.3) is 5.91 Å². The van der Waals surface area contributed by atoms with E-state index in [9.17, 15) is 10.0 Å². The fourth-order valence-corrected chi connectivity index (χ4v) is 2.69. The molecular formula is C18H15N5O3. The van der Waals surface area contributed by atoms with Gasteiger partial charge in [0.1, 0.15) is 0 Å². The van der Waals surface area contributed by atoms with Crippen LogP contribution in [0.3, 0.4) is 0 Å². The number of H-pyrrole nitrogens is 1. The number of rotatable bonds is 5. The van der Waals surface area contributed by atoms with E-state index in [-0.39, 0.29) is 5.91 Å². The summed E-state index contributed by atoms with van der Waals surface area (Å²) in [6.45, 7) is 0.341. The van der Waals surface area contributed by atoms with Crippen LogP contribution < -0.4 is 10.0 Å². The molecule has 1 amide bonds. The molecule has 0 saturated carbocycles. The molecule has 0 atom stereocenters. The van der Waals surface area contributed by atoms with Gasteiger partial charge in [-0.25, -0.2) is 9.97 Å². The van der Waals surface area contributed by atoms with Crippen molar-refractivity contribution in [1.29, 1.82) is 0 Å². The van der Waals surface area contributed by atoms with Gasteiger partial charge in [0, 0.05) is 24.9 Å². The molecule has 0 aliphatic heterocycles. The molecule has 0 fully saturated rings. The van der Waals surface area contributed by atoms with Crippen molar-refractivity contribution in [2.75, 3.05) is 6.54 Å². The lowest BCUT2D eigenvalue weighted by molar-refractivity contribution is -0.613. The Morgan fingerprint density at radius 2 is 2.19 bits per heavy atom. The van der Waals surface area contributed by atoms with Gasteiger partial charge in [0.2, 0.25) is 0 Å². The fourth-order valence-electron chi connectivity index (χ4n) is 2.69. The number of nitrogens with one attached hydrogen (secondary N) is 2. The number of carbonyl (C=O) groups excluding carboxylic acids is 1. The van der Waals surface area contributed by atoms with Crippen LogP contribution in [0.4, 0.5) is 0 Å². The lowest BCUT2D eigenvalue weighted by atomic mass is 10.2. The van der Waals surface area contributed by atoms with Gasteiger partial charge in [-0.15, -0.1) is 0 Å². The van der Waals surface area contributed by atoms with Crippen LogP contribution in [0.2, 0.25) is 0 Å². The molecule has 0 bridgehead atoms.